The Kier molecular flexibility index (Phi) is 7.09. The summed E-state index contributed by atoms with van der Waals surface area (Å²) in [5.74, 6) is 0.416. The van der Waals surface area contributed by atoms with Crippen LogP contribution in [0.5, 0.6) is 0 Å². The second-order valence-electron chi connectivity index (χ2n) is 9.84. The van der Waals surface area contributed by atoms with Crippen molar-refractivity contribution < 1.29 is 5.11 Å². The number of hydrogen-bond acceptors (Lipinski definition) is 6. The standard InChI is InChI=1S/C32H31N7O/c33-31-30-29(36-21-37-31)23(18-35-30)17-34-28(20-40)16-27-19-39(22-38-27)32(24-10-4-1-5-11-24,25-12-6-2-7-13-25)26-14-8-3-9-15-26/h1-15,18-19,21-22,28,34-35,40H,16-17,20H2,(H2,33,36,37)/t28-/m0/s1. The molecule has 5 N–H and O–H groups in total. The summed E-state index contributed by atoms with van der Waals surface area (Å²) in [6, 6.07) is 31.3. The Morgan fingerprint density at radius 2 is 1.45 bits per heavy atom. The summed E-state index contributed by atoms with van der Waals surface area (Å²) >= 11 is 0. The number of H-pyrrole nitrogens is 1. The number of rotatable bonds is 10. The first-order valence-corrected chi connectivity index (χ1v) is 13.3. The van der Waals surface area contributed by atoms with Gasteiger partial charge in [-0.25, -0.2) is 15.0 Å². The number of anilines is 1. The molecule has 0 unspecified atom stereocenters. The molecule has 3 heterocycles. The Morgan fingerprint density at radius 3 is 2.02 bits per heavy atom. The molecule has 0 saturated carbocycles. The molecule has 0 aliphatic heterocycles. The highest BCUT2D eigenvalue weighted by atomic mass is 16.3. The van der Waals surface area contributed by atoms with Crippen LogP contribution in [0.4, 0.5) is 5.82 Å². The molecule has 3 aromatic carbocycles. The van der Waals surface area contributed by atoms with Crippen molar-refractivity contribution in [1.82, 2.24) is 29.8 Å². The van der Waals surface area contributed by atoms with Crippen LogP contribution < -0.4 is 11.1 Å². The molecule has 1 atom stereocenters. The van der Waals surface area contributed by atoms with Gasteiger partial charge in [-0.1, -0.05) is 91.0 Å². The van der Waals surface area contributed by atoms with Gasteiger partial charge in [-0.2, -0.15) is 0 Å². The van der Waals surface area contributed by atoms with Crippen molar-refractivity contribution in [3.63, 3.8) is 0 Å². The zero-order valence-corrected chi connectivity index (χ0v) is 22.0. The smallest absolute Gasteiger partial charge is 0.151 e. The fourth-order valence-corrected chi connectivity index (χ4v) is 5.49. The number of aliphatic hydroxyl groups excluding tert-OH is 1. The van der Waals surface area contributed by atoms with E-state index >= 15 is 0 Å². The van der Waals surface area contributed by atoms with Crippen LogP contribution in [0, 0.1) is 0 Å². The number of nitrogens with two attached hydrogens (primary N) is 1. The van der Waals surface area contributed by atoms with Crippen LogP contribution in [0.15, 0.2) is 116 Å². The van der Waals surface area contributed by atoms with Crippen molar-refractivity contribution in [3.8, 4) is 0 Å². The summed E-state index contributed by atoms with van der Waals surface area (Å²) in [7, 11) is 0. The molecule has 0 aliphatic rings. The van der Waals surface area contributed by atoms with Crippen molar-refractivity contribution in [3.05, 3.63) is 144 Å². The highest BCUT2D eigenvalue weighted by Crippen LogP contribution is 2.40. The number of aromatic amines is 1. The van der Waals surface area contributed by atoms with Gasteiger partial charge in [-0.3, -0.25) is 0 Å². The van der Waals surface area contributed by atoms with E-state index in [1.54, 1.807) is 0 Å². The van der Waals surface area contributed by atoms with Gasteiger partial charge < -0.3 is 25.7 Å². The molecule has 0 radical (unpaired) electrons. The summed E-state index contributed by atoms with van der Waals surface area (Å²) in [4.78, 5) is 16.4. The number of nitrogen functional groups attached to an aromatic ring is 1. The lowest BCUT2D eigenvalue weighted by Crippen LogP contribution is -2.37. The molecule has 0 spiro atoms. The maximum absolute atomic E-state index is 10.2. The SMILES string of the molecule is Nc1ncnc2c(CN[C@H](CO)Cc3cn(C(c4ccccc4)(c4ccccc4)c4ccccc4)cn3)c[nH]c12. The number of fused-ring (bicyclic) bond motifs is 1. The number of imidazole rings is 1. The van der Waals surface area contributed by atoms with Gasteiger partial charge >= 0.3 is 0 Å². The van der Waals surface area contributed by atoms with Crippen molar-refractivity contribution in [2.45, 2.75) is 24.5 Å². The van der Waals surface area contributed by atoms with E-state index in [1.165, 1.54) is 6.33 Å². The average Bonchev–Trinajstić information content (AvgIpc) is 3.65. The van der Waals surface area contributed by atoms with Gasteiger partial charge in [0, 0.05) is 37.0 Å². The van der Waals surface area contributed by atoms with E-state index in [9.17, 15) is 5.11 Å². The molecule has 6 aromatic rings. The van der Waals surface area contributed by atoms with Crippen LogP contribution in [-0.4, -0.2) is 42.3 Å². The Morgan fingerprint density at radius 1 is 0.850 bits per heavy atom. The molecule has 6 rings (SSSR count). The Labute approximate surface area is 232 Å². The fraction of sp³-hybridized carbons (Fsp3) is 0.156. The normalized spacial score (nSPS) is 12.5. The molecule has 0 fully saturated rings. The molecule has 0 bridgehead atoms. The minimum Gasteiger partial charge on any atom is -0.395 e. The Hall–Kier alpha value is -4.79. The van der Waals surface area contributed by atoms with E-state index in [0.717, 1.165) is 39.0 Å². The second kappa shape index (κ2) is 11.1. The van der Waals surface area contributed by atoms with Crippen LogP contribution >= 0.6 is 0 Å². The van der Waals surface area contributed by atoms with Crippen molar-refractivity contribution in [1.29, 1.82) is 0 Å². The van der Waals surface area contributed by atoms with Crippen LogP contribution in [-0.2, 0) is 18.5 Å². The number of aliphatic hydroxyl groups is 1. The van der Waals surface area contributed by atoms with Crippen molar-refractivity contribution in [2.75, 3.05) is 12.3 Å². The lowest BCUT2D eigenvalue weighted by atomic mass is 9.77. The zero-order chi connectivity index (χ0) is 27.4. The summed E-state index contributed by atoms with van der Waals surface area (Å²) < 4.78 is 2.19. The van der Waals surface area contributed by atoms with E-state index in [4.69, 9.17) is 10.7 Å². The van der Waals surface area contributed by atoms with Crippen LogP contribution in [0.2, 0.25) is 0 Å². The molecule has 200 valence electrons. The average molecular weight is 530 g/mol. The molecule has 40 heavy (non-hydrogen) atoms. The Bertz CT molecular complexity index is 1580. The molecule has 0 saturated heterocycles. The highest BCUT2D eigenvalue weighted by molar-refractivity contribution is 5.86. The molecular formula is C32H31N7O. The van der Waals surface area contributed by atoms with Crippen molar-refractivity contribution in [2.24, 2.45) is 0 Å². The van der Waals surface area contributed by atoms with E-state index in [0.29, 0.717) is 18.8 Å². The van der Waals surface area contributed by atoms with Gasteiger partial charge in [-0.15, -0.1) is 0 Å². The predicted molar refractivity (Wildman–Crippen MR) is 157 cm³/mol. The second-order valence-corrected chi connectivity index (χ2v) is 9.84. The monoisotopic (exact) mass is 529 g/mol. The van der Waals surface area contributed by atoms with Gasteiger partial charge in [0.05, 0.1) is 24.1 Å². The van der Waals surface area contributed by atoms with E-state index in [2.05, 4.69) is 104 Å². The lowest BCUT2D eigenvalue weighted by Gasteiger charge is -2.37. The topological polar surface area (TPSA) is 118 Å². The minimum atomic E-state index is -0.624. The van der Waals surface area contributed by atoms with Gasteiger partial charge in [0.1, 0.15) is 17.4 Å². The van der Waals surface area contributed by atoms with Crippen molar-refractivity contribution >= 4 is 16.9 Å². The molecule has 0 amide bonds. The number of hydrogen-bond donors (Lipinski definition) is 4. The van der Waals surface area contributed by atoms with E-state index < -0.39 is 5.54 Å². The molecular weight excluding hydrogens is 498 g/mol. The number of nitrogens with zero attached hydrogens (tertiary/aromatic N) is 4. The van der Waals surface area contributed by atoms with Crippen LogP contribution in [0.25, 0.3) is 11.0 Å². The van der Waals surface area contributed by atoms with E-state index in [-0.39, 0.29) is 12.6 Å². The minimum absolute atomic E-state index is 0.0342. The third-order valence-corrected chi connectivity index (χ3v) is 7.43. The molecule has 8 heteroatoms. The Balaban J connectivity index is 1.33. The van der Waals surface area contributed by atoms with Gasteiger partial charge in [0.2, 0.25) is 0 Å². The number of benzene rings is 3. The van der Waals surface area contributed by atoms with Gasteiger partial charge in [-0.05, 0) is 16.7 Å². The number of aromatic nitrogens is 5. The maximum Gasteiger partial charge on any atom is 0.151 e. The summed E-state index contributed by atoms with van der Waals surface area (Å²) in [6.07, 6.45) is 7.88. The summed E-state index contributed by atoms with van der Waals surface area (Å²) in [5, 5.41) is 13.7. The largest absolute Gasteiger partial charge is 0.395 e. The lowest BCUT2D eigenvalue weighted by molar-refractivity contribution is 0.240. The highest BCUT2D eigenvalue weighted by Gasteiger charge is 2.38. The quantitative estimate of drug-likeness (QED) is 0.197. The first-order valence-electron chi connectivity index (χ1n) is 13.3. The van der Waals surface area contributed by atoms with Crippen LogP contribution in [0.3, 0.4) is 0 Å². The first kappa shape index (κ1) is 25.5. The molecule has 8 nitrogen and oxygen atoms in total. The maximum atomic E-state index is 10.2. The summed E-state index contributed by atoms with van der Waals surface area (Å²) in [6.45, 7) is 0.484. The molecule has 3 aromatic heterocycles. The predicted octanol–water partition coefficient (Wildman–Crippen LogP) is 4.27. The van der Waals surface area contributed by atoms with E-state index in [1.807, 2.05) is 30.7 Å². The summed E-state index contributed by atoms with van der Waals surface area (Å²) in [5.41, 5.74) is 12.1. The zero-order valence-electron chi connectivity index (χ0n) is 22.0. The first-order chi connectivity index (χ1) is 19.7. The third-order valence-electron chi connectivity index (χ3n) is 7.43. The molecule has 0 aliphatic carbocycles. The van der Waals surface area contributed by atoms with Crippen LogP contribution in [0.1, 0.15) is 27.9 Å². The van der Waals surface area contributed by atoms with Gasteiger partial charge in [0.15, 0.2) is 5.82 Å². The third kappa shape index (κ3) is 4.64. The number of nitrogens with one attached hydrogen (secondary N) is 2. The van der Waals surface area contributed by atoms with Gasteiger partial charge in [0.25, 0.3) is 0 Å². The fourth-order valence-electron chi connectivity index (χ4n) is 5.49.